The lowest BCUT2D eigenvalue weighted by Gasteiger charge is -2.27. The topological polar surface area (TPSA) is 207 Å². The molecule has 12 nitrogen and oxygen atoms in total. The van der Waals surface area contributed by atoms with Crippen LogP contribution in [-0.4, -0.2) is 97.3 Å². The molecule has 1 amide bonds. The second-order valence-corrected chi connectivity index (χ2v) is 10.4. The van der Waals surface area contributed by atoms with Gasteiger partial charge in [0.15, 0.2) is 12.2 Å². The van der Waals surface area contributed by atoms with Crippen molar-refractivity contribution in [3.8, 4) is 0 Å². The first-order valence-corrected chi connectivity index (χ1v) is 12.0. The lowest BCUT2D eigenvalue weighted by molar-refractivity contribution is -0.165. The smallest absolute Gasteiger partial charge is 0.335 e. The van der Waals surface area contributed by atoms with E-state index in [-0.39, 0.29) is 5.91 Å². The van der Waals surface area contributed by atoms with Crippen molar-refractivity contribution in [2.75, 3.05) is 31.9 Å². The molecule has 1 saturated carbocycles. The van der Waals surface area contributed by atoms with Crippen LogP contribution in [0.3, 0.4) is 0 Å². The molecular formula is C24H31ClN4O8. The average molecular weight is 539 g/mol. The Bertz CT molecular complexity index is 1160. The number of fused-ring (bicyclic) bond motifs is 2. The van der Waals surface area contributed by atoms with Crippen LogP contribution >= 0.6 is 11.6 Å². The van der Waals surface area contributed by atoms with Crippen molar-refractivity contribution in [3.63, 3.8) is 0 Å². The van der Waals surface area contributed by atoms with Crippen molar-refractivity contribution in [2.24, 2.45) is 17.8 Å². The number of aliphatic hydroxyl groups is 3. The molecule has 37 heavy (non-hydrogen) atoms. The summed E-state index contributed by atoms with van der Waals surface area (Å²) < 4.78 is 0. The van der Waals surface area contributed by atoms with Crippen molar-refractivity contribution in [3.05, 3.63) is 35.0 Å². The van der Waals surface area contributed by atoms with Crippen LogP contribution < -0.4 is 11.1 Å². The Kier molecular flexibility index (Phi) is 8.60. The van der Waals surface area contributed by atoms with E-state index in [2.05, 4.69) is 15.2 Å². The Labute approximate surface area is 217 Å². The maximum atomic E-state index is 12.7. The maximum Gasteiger partial charge on any atom is 0.335 e. The second kappa shape index (κ2) is 11.2. The van der Waals surface area contributed by atoms with Gasteiger partial charge in [-0.05, 0) is 49.8 Å². The summed E-state index contributed by atoms with van der Waals surface area (Å²) in [4.78, 5) is 38.9. The molecule has 0 bridgehead atoms. The number of nitrogens with zero attached hydrogens (tertiary/aromatic N) is 2. The number of nitrogens with two attached hydrogens (primary N) is 1. The first kappa shape index (κ1) is 28.5. The number of amides is 1. The Hall–Kier alpha value is -3.03. The van der Waals surface area contributed by atoms with E-state index in [1.165, 1.54) is 0 Å². The van der Waals surface area contributed by atoms with Gasteiger partial charge in [0, 0.05) is 37.8 Å². The molecule has 2 aliphatic rings. The number of nitrogen functional groups attached to an aromatic ring is 1. The van der Waals surface area contributed by atoms with Gasteiger partial charge in [0.25, 0.3) is 5.91 Å². The number of nitrogens with one attached hydrogen (secondary N) is 1. The van der Waals surface area contributed by atoms with Crippen molar-refractivity contribution in [1.82, 2.24) is 15.2 Å². The lowest BCUT2D eigenvalue weighted by Crippen LogP contribution is -2.39. The third kappa shape index (κ3) is 6.84. The van der Waals surface area contributed by atoms with Gasteiger partial charge in [0.1, 0.15) is 0 Å². The normalized spacial score (nSPS) is 22.4. The number of carboxylic acid groups (broad SMARTS) is 2. The van der Waals surface area contributed by atoms with Crippen LogP contribution in [0.1, 0.15) is 24.2 Å². The molecule has 2 heterocycles. The molecule has 2 fully saturated rings. The average Bonchev–Trinajstić information content (AvgIpc) is 3.28. The highest BCUT2D eigenvalue weighted by Gasteiger charge is 2.55. The zero-order chi connectivity index (χ0) is 27.7. The number of aliphatic hydroxyl groups excluding tert-OH is 2. The lowest BCUT2D eigenvalue weighted by atomic mass is 10.1. The number of halogens is 1. The molecule has 8 N–H and O–H groups in total. The summed E-state index contributed by atoms with van der Waals surface area (Å²) in [5.74, 6) is -1.98. The highest BCUT2D eigenvalue weighted by Crippen LogP contribution is 2.51. The number of carboxylic acids is 2. The van der Waals surface area contributed by atoms with Crippen LogP contribution in [-0.2, 0) is 9.59 Å². The summed E-state index contributed by atoms with van der Waals surface area (Å²) in [5.41, 5.74) is 6.82. The van der Waals surface area contributed by atoms with E-state index in [0.717, 1.165) is 13.1 Å². The van der Waals surface area contributed by atoms with Crippen molar-refractivity contribution < 1.29 is 39.9 Å². The Morgan fingerprint density at radius 1 is 1.19 bits per heavy atom. The first-order chi connectivity index (χ1) is 17.2. The number of carbonyl (C=O) groups is 3. The highest BCUT2D eigenvalue weighted by atomic mass is 35.5. The minimum absolute atomic E-state index is 0.168. The Morgan fingerprint density at radius 2 is 1.76 bits per heavy atom. The summed E-state index contributed by atoms with van der Waals surface area (Å²) in [6.45, 7) is 7.01. The number of carbonyl (C=O) groups excluding carboxylic acids is 1. The molecule has 13 heteroatoms. The summed E-state index contributed by atoms with van der Waals surface area (Å²) in [7, 11) is 0. The van der Waals surface area contributed by atoms with Gasteiger partial charge >= 0.3 is 11.9 Å². The molecule has 0 radical (unpaired) electrons. The van der Waals surface area contributed by atoms with E-state index in [1.54, 1.807) is 18.3 Å². The van der Waals surface area contributed by atoms with Gasteiger partial charge in [-0.3, -0.25) is 14.7 Å². The summed E-state index contributed by atoms with van der Waals surface area (Å²) >= 11 is 6.20. The molecule has 4 rings (SSSR count). The molecule has 1 aliphatic carbocycles. The van der Waals surface area contributed by atoms with Crippen LogP contribution in [0, 0.1) is 17.8 Å². The molecule has 1 aliphatic heterocycles. The molecule has 0 spiro atoms. The molecule has 4 atom stereocenters. The van der Waals surface area contributed by atoms with E-state index >= 15 is 0 Å². The van der Waals surface area contributed by atoms with E-state index in [9.17, 15) is 19.5 Å². The van der Waals surface area contributed by atoms with E-state index < -0.39 is 29.7 Å². The van der Waals surface area contributed by atoms with E-state index in [0.29, 0.717) is 58.0 Å². The molecule has 202 valence electrons. The molecule has 4 unspecified atom stereocenters. The fourth-order valence-corrected chi connectivity index (χ4v) is 4.91. The number of likely N-dealkylation sites (tertiary alicyclic amines) is 1. The van der Waals surface area contributed by atoms with E-state index in [1.807, 2.05) is 19.9 Å². The minimum atomic E-state index is -2.27. The Balaban J connectivity index is 0.000000325. The largest absolute Gasteiger partial charge is 0.479 e. The standard InChI is InChI=1S/C20H25ClN4O2.C4H6O6/c1-20(2,27)10-25-8-14-13(15(14)9-25)7-24-19(26)12-6-16(21)17(22)11-4-3-5-23-18(11)12;5-1(3(7)8)2(6)4(9)10/h3-6,13-15,27H,7-10,22H2,1-2H3,(H,24,26);1-2,5-6H,(H,7,8)(H,9,10). The van der Waals surface area contributed by atoms with Crippen molar-refractivity contribution >= 4 is 46.0 Å². The van der Waals surface area contributed by atoms with Crippen molar-refractivity contribution in [1.29, 1.82) is 0 Å². The van der Waals surface area contributed by atoms with Gasteiger partial charge in [-0.1, -0.05) is 11.6 Å². The van der Waals surface area contributed by atoms with Gasteiger partial charge in [0.2, 0.25) is 0 Å². The predicted octanol–water partition coefficient (Wildman–Crippen LogP) is 0.0263. The number of β-amino-alcohol motifs (C(OH)–C–C–N with tert-alkyl or cyclic N) is 1. The third-order valence-electron chi connectivity index (χ3n) is 6.49. The van der Waals surface area contributed by atoms with Crippen LogP contribution in [0.5, 0.6) is 0 Å². The number of aliphatic carboxylic acids is 2. The number of benzene rings is 1. The van der Waals surface area contributed by atoms with Crippen LogP contribution in [0.4, 0.5) is 5.69 Å². The first-order valence-electron chi connectivity index (χ1n) is 11.6. The number of pyridine rings is 1. The van der Waals surface area contributed by atoms with Crippen LogP contribution in [0.15, 0.2) is 24.4 Å². The van der Waals surface area contributed by atoms with Gasteiger partial charge in [-0.25, -0.2) is 9.59 Å². The molecule has 1 aromatic carbocycles. The molecule has 1 aromatic heterocycles. The second-order valence-electron chi connectivity index (χ2n) is 9.99. The zero-order valence-corrected chi connectivity index (χ0v) is 21.1. The SMILES string of the molecule is CC(C)(O)CN1CC2C(CNC(=O)c3cc(Cl)c(N)c4cccnc34)C2C1.O=C(O)C(O)C(O)C(=O)O. The number of piperidine rings is 1. The molecule has 1 saturated heterocycles. The highest BCUT2D eigenvalue weighted by molar-refractivity contribution is 6.35. The number of hydrogen-bond acceptors (Lipinski definition) is 9. The van der Waals surface area contributed by atoms with Crippen molar-refractivity contribution in [2.45, 2.75) is 31.7 Å². The van der Waals surface area contributed by atoms with Gasteiger partial charge < -0.3 is 36.6 Å². The zero-order valence-electron chi connectivity index (χ0n) is 20.3. The summed E-state index contributed by atoms with van der Waals surface area (Å²) in [6.07, 6.45) is -2.88. The monoisotopic (exact) mass is 538 g/mol. The van der Waals surface area contributed by atoms with Gasteiger partial charge in [-0.15, -0.1) is 0 Å². The third-order valence-corrected chi connectivity index (χ3v) is 6.80. The maximum absolute atomic E-state index is 12.7. The fraction of sp³-hybridized carbons (Fsp3) is 0.500. The number of rotatable bonds is 8. The summed E-state index contributed by atoms with van der Waals surface area (Å²) in [6, 6.07) is 5.20. The summed E-state index contributed by atoms with van der Waals surface area (Å²) in [5, 5.41) is 46.6. The molecule has 2 aromatic rings. The fourth-order valence-electron chi connectivity index (χ4n) is 4.70. The van der Waals surface area contributed by atoms with Crippen LogP contribution in [0.2, 0.25) is 5.02 Å². The number of aromatic nitrogens is 1. The van der Waals surface area contributed by atoms with Gasteiger partial charge in [0.05, 0.1) is 27.4 Å². The van der Waals surface area contributed by atoms with Gasteiger partial charge in [-0.2, -0.15) is 0 Å². The number of hydrogen-bond donors (Lipinski definition) is 7. The Morgan fingerprint density at radius 3 is 2.27 bits per heavy atom. The quantitative estimate of drug-likeness (QED) is 0.223. The van der Waals surface area contributed by atoms with E-state index in [4.69, 9.17) is 37.8 Å². The minimum Gasteiger partial charge on any atom is -0.479 e. The molecular weight excluding hydrogens is 508 g/mol. The predicted molar refractivity (Wildman–Crippen MR) is 134 cm³/mol. The number of anilines is 1. The van der Waals surface area contributed by atoms with Crippen LogP contribution in [0.25, 0.3) is 10.9 Å².